The molecule has 1 fully saturated rings. The number of aromatic nitrogens is 1. The van der Waals surface area contributed by atoms with E-state index >= 15 is 0 Å². The normalized spacial score (nSPS) is 16.0. The quantitative estimate of drug-likeness (QED) is 0.655. The highest BCUT2D eigenvalue weighted by Crippen LogP contribution is 2.29. The zero-order chi connectivity index (χ0) is 18.3. The molecular weight excluding hydrogens is 322 g/mol. The fourth-order valence-electron chi connectivity index (χ4n) is 3.09. The molecule has 136 valence electrons. The van der Waals surface area contributed by atoms with Crippen LogP contribution in [0.2, 0.25) is 0 Å². The minimum absolute atomic E-state index is 0.151. The highest BCUT2D eigenvalue weighted by molar-refractivity contribution is 6.00. The van der Waals surface area contributed by atoms with Crippen molar-refractivity contribution in [3.8, 4) is 0 Å². The summed E-state index contributed by atoms with van der Waals surface area (Å²) < 4.78 is 0. The Morgan fingerprint density at radius 2 is 1.96 bits per heavy atom. The minimum Gasteiger partial charge on any atom is -0.477 e. The summed E-state index contributed by atoms with van der Waals surface area (Å²) in [5, 5.41) is 14.8. The molecule has 0 aliphatic heterocycles. The Labute approximate surface area is 147 Å². The van der Waals surface area contributed by atoms with Gasteiger partial charge in [-0.05, 0) is 31.4 Å². The van der Waals surface area contributed by atoms with Gasteiger partial charge in [-0.1, -0.05) is 32.6 Å². The maximum Gasteiger partial charge on any atom is 0.354 e. The van der Waals surface area contributed by atoms with Crippen molar-refractivity contribution in [2.45, 2.75) is 57.4 Å². The van der Waals surface area contributed by atoms with Crippen molar-refractivity contribution in [1.29, 1.82) is 0 Å². The molecule has 0 atom stereocenters. The number of pyridine rings is 1. The fourth-order valence-corrected chi connectivity index (χ4v) is 3.09. The maximum atomic E-state index is 12.7. The summed E-state index contributed by atoms with van der Waals surface area (Å²) in [5.74, 6) is -1.79. The average molecular weight is 347 g/mol. The smallest absolute Gasteiger partial charge is 0.354 e. The van der Waals surface area contributed by atoms with Gasteiger partial charge in [0.25, 0.3) is 5.91 Å². The van der Waals surface area contributed by atoms with Gasteiger partial charge in [-0.25, -0.2) is 9.78 Å². The molecule has 1 aromatic rings. The first-order valence-corrected chi connectivity index (χ1v) is 8.78. The summed E-state index contributed by atoms with van der Waals surface area (Å²) in [5.41, 5.74) is -0.924. The van der Waals surface area contributed by atoms with Crippen molar-refractivity contribution in [2.75, 3.05) is 6.54 Å². The summed E-state index contributed by atoms with van der Waals surface area (Å²) >= 11 is 0. The number of nitrogens with one attached hydrogen (secondary N) is 2. The van der Waals surface area contributed by atoms with Gasteiger partial charge >= 0.3 is 5.97 Å². The van der Waals surface area contributed by atoms with Gasteiger partial charge < -0.3 is 15.7 Å². The molecule has 7 nitrogen and oxygen atoms in total. The number of rotatable bonds is 7. The lowest BCUT2D eigenvalue weighted by atomic mass is 9.80. The van der Waals surface area contributed by atoms with E-state index in [1.807, 2.05) is 6.92 Å². The molecule has 3 N–H and O–H groups in total. The number of carbonyl (C=O) groups is 3. The Bertz CT molecular complexity index is 639. The molecule has 1 heterocycles. The van der Waals surface area contributed by atoms with Gasteiger partial charge in [-0.2, -0.15) is 0 Å². The topological polar surface area (TPSA) is 108 Å². The number of unbranched alkanes of at least 4 members (excludes halogenated alkanes) is 1. The number of hydrogen-bond acceptors (Lipinski definition) is 4. The van der Waals surface area contributed by atoms with Gasteiger partial charge in [0.15, 0.2) is 0 Å². The first-order chi connectivity index (χ1) is 12.0. The maximum absolute atomic E-state index is 12.7. The molecule has 0 unspecified atom stereocenters. The van der Waals surface area contributed by atoms with E-state index in [0.29, 0.717) is 19.4 Å². The molecule has 2 rings (SSSR count). The van der Waals surface area contributed by atoms with Crippen LogP contribution in [0.4, 0.5) is 0 Å². The molecule has 1 aromatic heterocycles. The van der Waals surface area contributed by atoms with Crippen molar-refractivity contribution in [3.63, 3.8) is 0 Å². The van der Waals surface area contributed by atoms with Crippen molar-refractivity contribution in [3.05, 3.63) is 29.6 Å². The zero-order valence-corrected chi connectivity index (χ0v) is 14.5. The third kappa shape index (κ3) is 4.78. The lowest BCUT2D eigenvalue weighted by Gasteiger charge is -2.36. The van der Waals surface area contributed by atoms with Gasteiger partial charge in [0.2, 0.25) is 5.91 Å². The van der Waals surface area contributed by atoms with E-state index in [1.165, 1.54) is 18.3 Å². The van der Waals surface area contributed by atoms with E-state index in [9.17, 15) is 14.4 Å². The van der Waals surface area contributed by atoms with Gasteiger partial charge in [0.1, 0.15) is 11.2 Å². The first kappa shape index (κ1) is 18.9. The molecular formula is C18H25N3O4. The average Bonchev–Trinajstić information content (AvgIpc) is 2.62. The van der Waals surface area contributed by atoms with Crippen molar-refractivity contribution >= 4 is 17.8 Å². The molecule has 25 heavy (non-hydrogen) atoms. The van der Waals surface area contributed by atoms with Gasteiger partial charge in [0, 0.05) is 18.3 Å². The number of hydrogen-bond donors (Lipinski definition) is 3. The van der Waals surface area contributed by atoms with Gasteiger partial charge in [-0.15, -0.1) is 0 Å². The van der Waals surface area contributed by atoms with Gasteiger partial charge in [-0.3, -0.25) is 9.59 Å². The summed E-state index contributed by atoms with van der Waals surface area (Å²) in [4.78, 5) is 40.1. The Kier molecular flexibility index (Phi) is 6.50. The van der Waals surface area contributed by atoms with Crippen LogP contribution in [0, 0.1) is 0 Å². The van der Waals surface area contributed by atoms with E-state index in [4.69, 9.17) is 5.11 Å². The molecule has 0 spiro atoms. The number of nitrogens with zero attached hydrogens (tertiary/aromatic N) is 1. The summed E-state index contributed by atoms with van der Waals surface area (Å²) in [7, 11) is 0. The second-order valence-electron chi connectivity index (χ2n) is 6.44. The molecule has 1 aliphatic carbocycles. The van der Waals surface area contributed by atoms with Crippen LogP contribution in [0.15, 0.2) is 18.3 Å². The van der Waals surface area contributed by atoms with E-state index < -0.39 is 17.4 Å². The monoisotopic (exact) mass is 347 g/mol. The van der Waals surface area contributed by atoms with Crippen LogP contribution in [-0.4, -0.2) is 40.0 Å². The summed E-state index contributed by atoms with van der Waals surface area (Å²) in [6.07, 6.45) is 7.12. The summed E-state index contributed by atoms with van der Waals surface area (Å²) in [6.45, 7) is 2.64. The Morgan fingerprint density at radius 3 is 2.60 bits per heavy atom. The van der Waals surface area contributed by atoms with Crippen LogP contribution in [-0.2, 0) is 4.79 Å². The summed E-state index contributed by atoms with van der Waals surface area (Å²) in [6, 6.07) is 2.68. The number of amides is 2. The highest BCUT2D eigenvalue weighted by atomic mass is 16.4. The van der Waals surface area contributed by atoms with Crippen LogP contribution in [0.3, 0.4) is 0 Å². The van der Waals surface area contributed by atoms with E-state index in [2.05, 4.69) is 15.6 Å². The molecule has 0 bridgehead atoms. The fraction of sp³-hybridized carbons (Fsp3) is 0.556. The lowest BCUT2D eigenvalue weighted by Crippen LogP contribution is -2.59. The second kappa shape index (κ2) is 8.60. The van der Waals surface area contributed by atoms with E-state index in [1.54, 1.807) is 0 Å². The molecule has 0 aromatic carbocycles. The SMILES string of the molecule is CCCCNC(=O)C1(NC(=O)c2ccnc(C(=O)O)c2)CCCCC1. The molecule has 2 amide bonds. The number of carboxylic acids is 1. The molecule has 1 saturated carbocycles. The van der Waals surface area contributed by atoms with Crippen LogP contribution < -0.4 is 10.6 Å². The third-order valence-electron chi connectivity index (χ3n) is 4.55. The Morgan fingerprint density at radius 1 is 1.24 bits per heavy atom. The molecule has 0 radical (unpaired) electrons. The van der Waals surface area contributed by atoms with Crippen LogP contribution in [0.25, 0.3) is 0 Å². The predicted octanol–water partition coefficient (Wildman–Crippen LogP) is 2.13. The Hall–Kier alpha value is -2.44. The van der Waals surface area contributed by atoms with Crippen molar-refractivity contribution < 1.29 is 19.5 Å². The number of carboxylic acid groups (broad SMARTS) is 1. The standard InChI is InChI=1S/C18H25N3O4/c1-2-3-10-20-17(25)18(8-5-4-6-9-18)21-15(22)13-7-11-19-14(12-13)16(23)24/h7,11-12H,2-6,8-10H2,1H3,(H,20,25)(H,21,22)(H,23,24). The van der Waals surface area contributed by atoms with Crippen LogP contribution >= 0.6 is 0 Å². The van der Waals surface area contributed by atoms with Gasteiger partial charge in [0.05, 0.1) is 0 Å². The molecule has 7 heteroatoms. The third-order valence-corrected chi connectivity index (χ3v) is 4.55. The van der Waals surface area contributed by atoms with Crippen molar-refractivity contribution in [1.82, 2.24) is 15.6 Å². The van der Waals surface area contributed by atoms with E-state index in [0.717, 1.165) is 32.1 Å². The minimum atomic E-state index is -1.20. The van der Waals surface area contributed by atoms with E-state index in [-0.39, 0.29) is 17.2 Å². The van der Waals surface area contributed by atoms with Crippen LogP contribution in [0.5, 0.6) is 0 Å². The lowest BCUT2D eigenvalue weighted by molar-refractivity contribution is -0.128. The molecule has 1 aliphatic rings. The number of carbonyl (C=O) groups excluding carboxylic acids is 2. The zero-order valence-electron chi connectivity index (χ0n) is 14.5. The second-order valence-corrected chi connectivity index (χ2v) is 6.44. The van der Waals surface area contributed by atoms with Crippen LogP contribution in [0.1, 0.15) is 72.7 Å². The largest absolute Gasteiger partial charge is 0.477 e. The first-order valence-electron chi connectivity index (χ1n) is 8.78. The molecule has 0 saturated heterocycles. The Balaban J connectivity index is 2.16. The van der Waals surface area contributed by atoms with Crippen molar-refractivity contribution in [2.24, 2.45) is 0 Å². The predicted molar refractivity (Wildman–Crippen MR) is 92.4 cm³/mol. The number of aromatic carboxylic acids is 1. The highest BCUT2D eigenvalue weighted by Gasteiger charge is 2.40.